The van der Waals surface area contributed by atoms with Crippen LogP contribution in [0.1, 0.15) is 53.9 Å². The van der Waals surface area contributed by atoms with E-state index in [9.17, 15) is 4.79 Å². The summed E-state index contributed by atoms with van der Waals surface area (Å²) in [5, 5.41) is 0. The van der Waals surface area contributed by atoms with E-state index in [4.69, 9.17) is 4.74 Å². The molecule has 0 bridgehead atoms. The van der Waals surface area contributed by atoms with Gasteiger partial charge in [0.25, 0.3) is 0 Å². The van der Waals surface area contributed by atoms with E-state index in [0.717, 1.165) is 5.57 Å². The third-order valence-corrected chi connectivity index (χ3v) is 3.87. The first kappa shape index (κ1) is 18.2. The molecule has 1 aliphatic rings. The van der Waals surface area contributed by atoms with E-state index < -0.39 is 0 Å². The van der Waals surface area contributed by atoms with Crippen LogP contribution in [0.3, 0.4) is 0 Å². The molecule has 1 rings (SSSR count). The van der Waals surface area contributed by atoms with Crippen LogP contribution in [0.2, 0.25) is 0 Å². The minimum absolute atomic E-state index is 0.286. The summed E-state index contributed by atoms with van der Waals surface area (Å²) in [5.74, 6) is -0.286. The van der Waals surface area contributed by atoms with Crippen molar-refractivity contribution in [2.45, 2.75) is 53.9 Å². The van der Waals surface area contributed by atoms with Crippen LogP contribution < -0.4 is 0 Å². The molecule has 0 unspecified atom stereocenters. The summed E-state index contributed by atoms with van der Waals surface area (Å²) in [5.41, 5.74) is 6.52. The summed E-state index contributed by atoms with van der Waals surface area (Å²) < 4.78 is 4.88. The molecule has 0 aromatic carbocycles. The van der Waals surface area contributed by atoms with E-state index in [2.05, 4.69) is 32.9 Å². The summed E-state index contributed by atoms with van der Waals surface area (Å²) in [6.07, 6.45) is 13.4. The quantitative estimate of drug-likeness (QED) is 0.383. The minimum atomic E-state index is -0.286. The second kappa shape index (κ2) is 9.24. The molecule has 0 atom stereocenters. The number of carbonyl (C=O) groups is 1. The molecule has 1 aliphatic carbocycles. The topological polar surface area (TPSA) is 26.3 Å². The third-order valence-electron chi connectivity index (χ3n) is 3.87. The van der Waals surface area contributed by atoms with E-state index in [0.29, 0.717) is 6.61 Å². The molecule has 0 saturated heterocycles. The van der Waals surface area contributed by atoms with Crippen LogP contribution in [-0.4, -0.2) is 12.6 Å². The summed E-state index contributed by atoms with van der Waals surface area (Å²) in [4.78, 5) is 11.3. The Labute approximate surface area is 134 Å². The van der Waals surface area contributed by atoms with Crippen molar-refractivity contribution in [3.05, 3.63) is 58.2 Å². The molecule has 0 aromatic rings. The van der Waals surface area contributed by atoms with Gasteiger partial charge in [-0.2, -0.15) is 0 Å². The van der Waals surface area contributed by atoms with E-state index >= 15 is 0 Å². The van der Waals surface area contributed by atoms with Gasteiger partial charge in [0.15, 0.2) is 0 Å². The van der Waals surface area contributed by atoms with Crippen LogP contribution in [0.4, 0.5) is 0 Å². The van der Waals surface area contributed by atoms with Crippen molar-refractivity contribution in [3.8, 4) is 0 Å². The van der Waals surface area contributed by atoms with Crippen molar-refractivity contribution in [2.24, 2.45) is 0 Å². The zero-order valence-electron chi connectivity index (χ0n) is 14.5. The molecule has 0 amide bonds. The van der Waals surface area contributed by atoms with E-state index in [1.54, 1.807) is 6.92 Å². The first-order chi connectivity index (χ1) is 10.4. The molecule has 2 heteroatoms. The predicted molar refractivity (Wildman–Crippen MR) is 93.6 cm³/mol. The highest BCUT2D eigenvalue weighted by atomic mass is 16.5. The average Bonchev–Trinajstić information content (AvgIpc) is 2.44. The molecule has 0 N–H and O–H groups in total. The zero-order chi connectivity index (χ0) is 16.5. The fourth-order valence-electron chi connectivity index (χ4n) is 2.47. The highest BCUT2D eigenvalue weighted by Crippen LogP contribution is 2.29. The van der Waals surface area contributed by atoms with Crippen molar-refractivity contribution in [1.82, 2.24) is 0 Å². The van der Waals surface area contributed by atoms with Gasteiger partial charge in [0.05, 0.1) is 6.61 Å². The lowest BCUT2D eigenvalue weighted by atomic mass is 9.88. The second-order valence-electron chi connectivity index (χ2n) is 5.84. The molecule has 0 radical (unpaired) electrons. The molecule has 0 saturated carbocycles. The fraction of sp³-hybridized carbons (Fsp3) is 0.450. The predicted octanol–water partition coefficient (Wildman–Crippen LogP) is 5.45. The van der Waals surface area contributed by atoms with E-state index in [-0.39, 0.29) is 5.97 Å². The Morgan fingerprint density at radius 2 is 1.91 bits per heavy atom. The largest absolute Gasteiger partial charge is 0.463 e. The molecular formula is C20H28O2. The highest BCUT2D eigenvalue weighted by molar-refractivity contribution is 5.83. The van der Waals surface area contributed by atoms with Gasteiger partial charge >= 0.3 is 5.97 Å². The summed E-state index contributed by atoms with van der Waals surface area (Å²) in [7, 11) is 0. The molecule has 0 spiro atoms. The van der Waals surface area contributed by atoms with E-state index in [1.807, 2.05) is 19.1 Å². The lowest BCUT2D eigenvalue weighted by molar-refractivity contribution is -0.137. The molecule has 22 heavy (non-hydrogen) atoms. The standard InChI is InChI=1S/C20H28O2/c1-6-22-20(21)14-16(3)10-7-9-15(2)13-19-12-8-11-17(4)18(19)5/h7,9-10,13-14H,6,8,11-12H2,1-5H3/b10-7+,15-9+,16-14-,19-13+. The van der Waals surface area contributed by atoms with Gasteiger partial charge in [0.2, 0.25) is 0 Å². The number of carbonyl (C=O) groups excluding carboxylic acids is 1. The Morgan fingerprint density at radius 1 is 1.18 bits per heavy atom. The first-order valence-electron chi connectivity index (χ1n) is 8.01. The minimum Gasteiger partial charge on any atom is -0.463 e. The third kappa shape index (κ3) is 6.30. The maximum absolute atomic E-state index is 11.3. The molecular weight excluding hydrogens is 272 g/mol. The van der Waals surface area contributed by atoms with Crippen molar-refractivity contribution in [1.29, 1.82) is 0 Å². The van der Waals surface area contributed by atoms with Crippen molar-refractivity contribution in [3.63, 3.8) is 0 Å². The molecule has 0 heterocycles. The Morgan fingerprint density at radius 3 is 2.59 bits per heavy atom. The first-order valence-corrected chi connectivity index (χ1v) is 8.01. The van der Waals surface area contributed by atoms with Gasteiger partial charge in [-0.05, 0) is 70.6 Å². The lowest BCUT2D eigenvalue weighted by Crippen LogP contribution is -1.99. The van der Waals surface area contributed by atoms with E-state index in [1.165, 1.54) is 47.6 Å². The number of ether oxygens (including phenoxy) is 1. The number of hydrogen-bond acceptors (Lipinski definition) is 2. The molecule has 0 aromatic heterocycles. The Balaban J connectivity index is 2.72. The van der Waals surface area contributed by atoms with Crippen molar-refractivity contribution in [2.75, 3.05) is 6.61 Å². The second-order valence-corrected chi connectivity index (χ2v) is 5.84. The van der Waals surface area contributed by atoms with Crippen molar-refractivity contribution < 1.29 is 9.53 Å². The number of hydrogen-bond donors (Lipinski definition) is 0. The number of allylic oxidation sites excluding steroid dienone is 9. The maximum atomic E-state index is 11.3. The molecule has 120 valence electrons. The van der Waals surface area contributed by atoms with Gasteiger partial charge in [-0.15, -0.1) is 0 Å². The molecule has 0 fully saturated rings. The SMILES string of the molecule is CCOC(=O)\C=C(C)/C=C/C=C(C)/C=C1\CCCC(C)=C1C. The smallest absolute Gasteiger partial charge is 0.330 e. The van der Waals surface area contributed by atoms with Crippen LogP contribution in [0.15, 0.2) is 58.2 Å². The highest BCUT2D eigenvalue weighted by Gasteiger charge is 2.10. The Bertz CT molecular complexity index is 554. The van der Waals surface area contributed by atoms with Gasteiger partial charge in [-0.3, -0.25) is 0 Å². The Kier molecular flexibility index (Phi) is 7.65. The Hall–Kier alpha value is -1.83. The van der Waals surface area contributed by atoms with Gasteiger partial charge in [-0.25, -0.2) is 4.79 Å². The van der Waals surface area contributed by atoms with Crippen LogP contribution >= 0.6 is 0 Å². The lowest BCUT2D eigenvalue weighted by Gasteiger charge is -2.18. The summed E-state index contributed by atoms with van der Waals surface area (Å²) in [6, 6.07) is 0. The number of rotatable bonds is 5. The summed E-state index contributed by atoms with van der Waals surface area (Å²) in [6.45, 7) is 10.7. The maximum Gasteiger partial charge on any atom is 0.330 e. The van der Waals surface area contributed by atoms with Gasteiger partial charge in [-0.1, -0.05) is 35.5 Å². The zero-order valence-corrected chi connectivity index (χ0v) is 14.5. The molecule has 0 aliphatic heterocycles. The van der Waals surface area contributed by atoms with Gasteiger partial charge in [0, 0.05) is 6.08 Å². The van der Waals surface area contributed by atoms with Crippen LogP contribution in [0, 0.1) is 0 Å². The van der Waals surface area contributed by atoms with Crippen LogP contribution in [0.25, 0.3) is 0 Å². The van der Waals surface area contributed by atoms with Crippen LogP contribution in [-0.2, 0) is 9.53 Å². The van der Waals surface area contributed by atoms with Gasteiger partial charge < -0.3 is 4.74 Å². The normalized spacial score (nSPS) is 19.2. The van der Waals surface area contributed by atoms with Gasteiger partial charge in [0.1, 0.15) is 0 Å². The number of esters is 1. The average molecular weight is 300 g/mol. The van der Waals surface area contributed by atoms with Crippen molar-refractivity contribution >= 4 is 5.97 Å². The molecule has 2 nitrogen and oxygen atoms in total. The summed E-state index contributed by atoms with van der Waals surface area (Å²) >= 11 is 0. The van der Waals surface area contributed by atoms with Crippen LogP contribution in [0.5, 0.6) is 0 Å². The fourth-order valence-corrected chi connectivity index (χ4v) is 2.47. The monoisotopic (exact) mass is 300 g/mol.